The van der Waals surface area contributed by atoms with E-state index in [0.29, 0.717) is 13.1 Å². The summed E-state index contributed by atoms with van der Waals surface area (Å²) in [5.41, 5.74) is -2.23. The molecule has 0 radical (unpaired) electrons. The number of carbonyl (C=O) groups excluding carboxylic acids is 1. The van der Waals surface area contributed by atoms with Crippen LogP contribution in [0.5, 0.6) is 0 Å². The first kappa shape index (κ1) is 15.7. The number of nitrogens with zero attached hydrogens (tertiary/aromatic N) is 1. The van der Waals surface area contributed by atoms with E-state index >= 15 is 0 Å². The van der Waals surface area contributed by atoms with Gasteiger partial charge in [-0.2, -0.15) is 0 Å². The van der Waals surface area contributed by atoms with Gasteiger partial charge in [0.25, 0.3) is 5.91 Å². The summed E-state index contributed by atoms with van der Waals surface area (Å²) in [6.45, 7) is 4.07. The van der Waals surface area contributed by atoms with E-state index in [4.69, 9.17) is 0 Å². The first-order chi connectivity index (χ1) is 9.68. The quantitative estimate of drug-likeness (QED) is 0.490. The molecule has 1 aromatic carbocycles. The maximum atomic E-state index is 13.7. The van der Waals surface area contributed by atoms with Crippen molar-refractivity contribution >= 4 is 5.91 Å². The number of carbonyl (C=O) groups is 1. The van der Waals surface area contributed by atoms with Crippen LogP contribution < -0.4 is 5.32 Å². The van der Waals surface area contributed by atoms with Crippen LogP contribution in [0.15, 0.2) is 0 Å². The molecule has 1 heterocycles. The zero-order valence-electron chi connectivity index (χ0n) is 11.4. The van der Waals surface area contributed by atoms with Gasteiger partial charge in [-0.3, -0.25) is 4.79 Å². The minimum Gasteiger partial charge on any atom is -0.331 e. The molecule has 3 nitrogen and oxygen atoms in total. The molecule has 1 aromatic rings. The summed E-state index contributed by atoms with van der Waals surface area (Å²) in [5, 5.41) is 2.98. The van der Waals surface area contributed by atoms with Crippen LogP contribution in [0.1, 0.15) is 24.2 Å². The van der Waals surface area contributed by atoms with E-state index in [2.05, 4.69) is 5.32 Å². The van der Waals surface area contributed by atoms with Crippen molar-refractivity contribution in [3.63, 3.8) is 0 Å². The number of rotatable bonds is 1. The molecular formula is C13H13F5N2O. The van der Waals surface area contributed by atoms with Crippen LogP contribution in [0, 0.1) is 29.1 Å². The predicted molar refractivity (Wildman–Crippen MR) is 64.2 cm³/mol. The Bertz CT molecular complexity index is 574. The van der Waals surface area contributed by atoms with Crippen molar-refractivity contribution in [3.05, 3.63) is 34.6 Å². The average molecular weight is 308 g/mol. The molecule has 0 aliphatic carbocycles. The van der Waals surface area contributed by atoms with Gasteiger partial charge in [-0.1, -0.05) is 0 Å². The second kappa shape index (κ2) is 5.25. The van der Waals surface area contributed by atoms with E-state index in [0.717, 1.165) is 4.90 Å². The lowest BCUT2D eigenvalue weighted by atomic mass is 9.98. The number of hydrogen-bond acceptors (Lipinski definition) is 2. The van der Waals surface area contributed by atoms with Crippen LogP contribution in [0.3, 0.4) is 0 Å². The van der Waals surface area contributed by atoms with Crippen molar-refractivity contribution < 1.29 is 26.7 Å². The van der Waals surface area contributed by atoms with E-state index in [1.807, 2.05) is 0 Å². The molecule has 0 atom stereocenters. The Morgan fingerprint density at radius 1 is 1.00 bits per heavy atom. The highest BCUT2D eigenvalue weighted by Gasteiger charge is 2.38. The van der Waals surface area contributed by atoms with Gasteiger partial charge >= 0.3 is 0 Å². The summed E-state index contributed by atoms with van der Waals surface area (Å²) in [4.78, 5) is 13.3. The van der Waals surface area contributed by atoms with Crippen molar-refractivity contribution in [3.8, 4) is 0 Å². The topological polar surface area (TPSA) is 32.3 Å². The number of benzene rings is 1. The van der Waals surface area contributed by atoms with Crippen molar-refractivity contribution in [2.45, 2.75) is 19.4 Å². The Labute approximate surface area is 117 Å². The fourth-order valence-corrected chi connectivity index (χ4v) is 2.29. The highest BCUT2D eigenvalue weighted by molar-refractivity contribution is 5.95. The molecule has 1 amide bonds. The number of halogens is 5. The van der Waals surface area contributed by atoms with Crippen LogP contribution >= 0.6 is 0 Å². The molecule has 1 aliphatic rings. The van der Waals surface area contributed by atoms with Crippen LogP contribution in [0.2, 0.25) is 0 Å². The zero-order valence-corrected chi connectivity index (χ0v) is 11.4. The molecule has 21 heavy (non-hydrogen) atoms. The summed E-state index contributed by atoms with van der Waals surface area (Å²) in [7, 11) is 0. The molecule has 0 saturated carbocycles. The normalized spacial score (nSPS) is 18.0. The number of nitrogens with one attached hydrogen (secondary N) is 1. The second-order valence-corrected chi connectivity index (χ2v) is 5.39. The molecule has 2 rings (SSSR count). The lowest BCUT2D eigenvalue weighted by molar-refractivity contribution is 0.0464. The van der Waals surface area contributed by atoms with Crippen molar-refractivity contribution in [2.24, 2.45) is 0 Å². The second-order valence-electron chi connectivity index (χ2n) is 5.39. The van der Waals surface area contributed by atoms with Gasteiger partial charge in [0.2, 0.25) is 5.82 Å². The van der Waals surface area contributed by atoms with E-state index < -0.39 is 46.1 Å². The van der Waals surface area contributed by atoms with Crippen molar-refractivity contribution in [1.29, 1.82) is 0 Å². The highest BCUT2D eigenvalue weighted by atomic mass is 19.2. The van der Waals surface area contributed by atoms with Gasteiger partial charge in [-0.25, -0.2) is 22.0 Å². The van der Waals surface area contributed by atoms with Crippen molar-refractivity contribution in [1.82, 2.24) is 10.2 Å². The smallest absolute Gasteiger partial charge is 0.260 e. The molecule has 0 unspecified atom stereocenters. The summed E-state index contributed by atoms with van der Waals surface area (Å²) in [6, 6.07) is 0. The Hall–Kier alpha value is -1.70. The minimum atomic E-state index is -2.28. The largest absolute Gasteiger partial charge is 0.331 e. The number of piperazine rings is 1. The fraction of sp³-hybridized carbons (Fsp3) is 0.462. The summed E-state index contributed by atoms with van der Waals surface area (Å²) < 4.78 is 66.7. The standard InChI is InChI=1S/C13H13F5N2O/c1-13(2)5-19-3-4-20(13)12(21)6-7(14)9(16)11(18)10(17)8(6)15/h19H,3-5H2,1-2H3. The number of hydrogen-bond donors (Lipinski definition) is 1. The highest BCUT2D eigenvalue weighted by Crippen LogP contribution is 2.27. The summed E-state index contributed by atoms with van der Waals surface area (Å²) in [6.07, 6.45) is 0. The summed E-state index contributed by atoms with van der Waals surface area (Å²) in [5.74, 6) is -11.9. The lowest BCUT2D eigenvalue weighted by Crippen LogP contribution is -2.60. The molecule has 0 aromatic heterocycles. The van der Waals surface area contributed by atoms with Crippen molar-refractivity contribution in [2.75, 3.05) is 19.6 Å². The van der Waals surface area contributed by atoms with E-state index in [1.165, 1.54) is 0 Å². The molecular weight excluding hydrogens is 295 g/mol. The SMILES string of the molecule is CC1(C)CNCCN1C(=O)c1c(F)c(F)c(F)c(F)c1F. The van der Waals surface area contributed by atoms with Gasteiger partial charge in [-0.15, -0.1) is 0 Å². The molecule has 0 spiro atoms. The van der Waals surface area contributed by atoms with Gasteiger partial charge in [0.1, 0.15) is 5.56 Å². The van der Waals surface area contributed by atoms with Gasteiger partial charge < -0.3 is 10.2 Å². The van der Waals surface area contributed by atoms with Gasteiger partial charge in [-0.05, 0) is 13.8 Å². The monoisotopic (exact) mass is 308 g/mol. The third kappa shape index (κ3) is 2.48. The van der Waals surface area contributed by atoms with E-state index in [9.17, 15) is 26.7 Å². The molecule has 1 saturated heterocycles. The van der Waals surface area contributed by atoms with Gasteiger partial charge in [0.05, 0.1) is 5.54 Å². The molecule has 116 valence electrons. The molecule has 0 bridgehead atoms. The minimum absolute atomic E-state index is 0.103. The Morgan fingerprint density at radius 3 is 1.95 bits per heavy atom. The summed E-state index contributed by atoms with van der Waals surface area (Å²) >= 11 is 0. The van der Waals surface area contributed by atoms with Gasteiger partial charge in [0.15, 0.2) is 23.3 Å². The van der Waals surface area contributed by atoms with Crippen LogP contribution in [-0.2, 0) is 0 Å². The maximum absolute atomic E-state index is 13.7. The maximum Gasteiger partial charge on any atom is 0.260 e. The van der Waals surface area contributed by atoms with Gasteiger partial charge in [0, 0.05) is 19.6 Å². The van der Waals surface area contributed by atoms with Crippen LogP contribution in [-0.4, -0.2) is 36.0 Å². The lowest BCUT2D eigenvalue weighted by Gasteiger charge is -2.42. The Kier molecular flexibility index (Phi) is 3.92. The predicted octanol–water partition coefficient (Wildman–Crippen LogP) is 2.21. The first-order valence-electron chi connectivity index (χ1n) is 6.22. The van der Waals surface area contributed by atoms with E-state index in [-0.39, 0.29) is 6.54 Å². The third-order valence-electron chi connectivity index (χ3n) is 3.47. The Balaban J connectivity index is 2.54. The number of amides is 1. The first-order valence-corrected chi connectivity index (χ1v) is 6.22. The zero-order chi connectivity index (χ0) is 15.9. The molecule has 1 fully saturated rings. The van der Waals surface area contributed by atoms with Crippen LogP contribution in [0.4, 0.5) is 22.0 Å². The molecule has 1 N–H and O–H groups in total. The average Bonchev–Trinajstić information content (AvgIpc) is 2.42. The molecule has 8 heteroatoms. The van der Waals surface area contributed by atoms with E-state index in [1.54, 1.807) is 13.8 Å². The molecule has 1 aliphatic heterocycles. The van der Waals surface area contributed by atoms with Crippen LogP contribution in [0.25, 0.3) is 0 Å². The Morgan fingerprint density at radius 2 is 1.48 bits per heavy atom. The fourth-order valence-electron chi connectivity index (χ4n) is 2.29. The third-order valence-corrected chi connectivity index (χ3v) is 3.47.